The normalized spacial score (nSPS) is 31.4. The zero-order valence-electron chi connectivity index (χ0n) is 14.9. The second kappa shape index (κ2) is 8.13. The summed E-state index contributed by atoms with van der Waals surface area (Å²) in [7, 11) is 1.37. The number of likely N-dealkylation sites (tertiary alicyclic amines) is 1. The van der Waals surface area contributed by atoms with Crippen LogP contribution in [0.25, 0.3) is 0 Å². The average molecular weight is 325 g/mol. The Morgan fingerprint density at radius 3 is 2.61 bits per heavy atom. The molecule has 2 fully saturated rings. The van der Waals surface area contributed by atoms with E-state index in [0.29, 0.717) is 30.7 Å². The molecule has 0 bridgehead atoms. The van der Waals surface area contributed by atoms with Crippen molar-refractivity contribution in [1.29, 1.82) is 0 Å². The van der Waals surface area contributed by atoms with Gasteiger partial charge in [-0.3, -0.25) is 4.79 Å². The minimum absolute atomic E-state index is 0.0775. The minimum atomic E-state index is -0.428. The summed E-state index contributed by atoms with van der Waals surface area (Å²) in [5.74, 6) is 1.34. The molecule has 1 aliphatic heterocycles. The van der Waals surface area contributed by atoms with Crippen LogP contribution < -0.4 is 0 Å². The lowest BCUT2D eigenvalue weighted by Gasteiger charge is -2.37. The topological polar surface area (TPSA) is 55.8 Å². The summed E-state index contributed by atoms with van der Waals surface area (Å²) < 4.78 is 10.8. The van der Waals surface area contributed by atoms with E-state index in [1.165, 1.54) is 20.0 Å². The molecule has 0 aromatic heterocycles. The Hall–Kier alpha value is -1.10. The highest BCUT2D eigenvalue weighted by Gasteiger charge is 2.36. The quantitative estimate of drug-likeness (QED) is 0.729. The van der Waals surface area contributed by atoms with Crippen molar-refractivity contribution in [2.75, 3.05) is 20.3 Å². The summed E-state index contributed by atoms with van der Waals surface area (Å²) in [4.78, 5) is 25.9. The number of esters is 1. The highest BCUT2D eigenvalue weighted by atomic mass is 16.5. The molecule has 0 N–H and O–H groups in total. The molecule has 4 atom stereocenters. The van der Waals surface area contributed by atoms with Gasteiger partial charge in [-0.1, -0.05) is 27.2 Å². The molecule has 1 amide bonds. The molecule has 0 radical (unpaired) electrons. The Bertz CT molecular complexity index is 423. The van der Waals surface area contributed by atoms with Gasteiger partial charge >= 0.3 is 5.97 Å². The molecular formula is C18H31NO4. The molecule has 0 spiro atoms. The number of hydrogen-bond donors (Lipinski definition) is 0. The van der Waals surface area contributed by atoms with E-state index >= 15 is 0 Å². The summed E-state index contributed by atoms with van der Waals surface area (Å²) in [5, 5.41) is 0. The third kappa shape index (κ3) is 4.46. The van der Waals surface area contributed by atoms with E-state index in [4.69, 9.17) is 9.47 Å². The number of carbonyl (C=O) groups excluding carboxylic acids is 2. The molecular weight excluding hydrogens is 294 g/mol. The van der Waals surface area contributed by atoms with Gasteiger partial charge in [0, 0.05) is 6.54 Å². The van der Waals surface area contributed by atoms with E-state index < -0.39 is 6.04 Å². The molecule has 3 unspecified atom stereocenters. The average Bonchev–Trinajstić information content (AvgIpc) is 3.01. The van der Waals surface area contributed by atoms with Crippen molar-refractivity contribution >= 4 is 11.9 Å². The second-order valence-corrected chi connectivity index (χ2v) is 7.44. The van der Waals surface area contributed by atoms with Crippen LogP contribution in [-0.4, -0.2) is 49.2 Å². The first-order valence-electron chi connectivity index (χ1n) is 8.93. The maximum Gasteiger partial charge on any atom is 0.328 e. The molecule has 1 saturated carbocycles. The van der Waals surface area contributed by atoms with Crippen LogP contribution in [-0.2, 0) is 19.1 Å². The number of amides is 1. The molecule has 0 aromatic rings. The van der Waals surface area contributed by atoms with Crippen molar-refractivity contribution in [3.63, 3.8) is 0 Å². The standard InChI is InChI=1S/C18H31NO4/c1-12(2)14-8-7-13(3)10-16(14)23-11-17(20)19-9-5-6-15(19)18(21)22-4/h12-16H,5-11H2,1-4H3/t13?,14?,15-,16?/m1/s1. The van der Waals surface area contributed by atoms with E-state index in [2.05, 4.69) is 20.8 Å². The number of hydrogen-bond acceptors (Lipinski definition) is 4. The van der Waals surface area contributed by atoms with E-state index in [1.807, 2.05) is 0 Å². The van der Waals surface area contributed by atoms with Crippen molar-refractivity contribution < 1.29 is 19.1 Å². The van der Waals surface area contributed by atoms with Crippen LogP contribution >= 0.6 is 0 Å². The summed E-state index contributed by atoms with van der Waals surface area (Å²) >= 11 is 0. The van der Waals surface area contributed by atoms with Crippen LogP contribution in [0.5, 0.6) is 0 Å². The van der Waals surface area contributed by atoms with Crippen LogP contribution in [0.3, 0.4) is 0 Å². The summed E-state index contributed by atoms with van der Waals surface area (Å²) in [6, 6.07) is -0.428. The number of methoxy groups -OCH3 is 1. The highest BCUT2D eigenvalue weighted by Crippen LogP contribution is 2.35. The van der Waals surface area contributed by atoms with Crippen molar-refractivity contribution in [1.82, 2.24) is 4.90 Å². The van der Waals surface area contributed by atoms with Gasteiger partial charge in [-0.05, 0) is 43.4 Å². The van der Waals surface area contributed by atoms with Gasteiger partial charge in [-0.2, -0.15) is 0 Å². The Labute approximate surface area is 139 Å². The number of nitrogens with zero attached hydrogens (tertiary/aromatic N) is 1. The van der Waals surface area contributed by atoms with Crippen LogP contribution in [0.2, 0.25) is 0 Å². The third-order valence-electron chi connectivity index (χ3n) is 5.43. The maximum absolute atomic E-state index is 12.5. The first-order chi connectivity index (χ1) is 10.9. The lowest BCUT2D eigenvalue weighted by atomic mass is 9.75. The smallest absolute Gasteiger partial charge is 0.328 e. The predicted molar refractivity (Wildman–Crippen MR) is 87.8 cm³/mol. The Balaban J connectivity index is 1.90. The Morgan fingerprint density at radius 1 is 1.22 bits per heavy atom. The van der Waals surface area contributed by atoms with Gasteiger partial charge in [0.2, 0.25) is 5.91 Å². The van der Waals surface area contributed by atoms with Gasteiger partial charge in [0.05, 0.1) is 13.2 Å². The molecule has 2 rings (SSSR count). The largest absolute Gasteiger partial charge is 0.467 e. The lowest BCUT2D eigenvalue weighted by Crippen LogP contribution is -2.44. The number of rotatable bonds is 5. The highest BCUT2D eigenvalue weighted by molar-refractivity contribution is 5.85. The SMILES string of the molecule is COC(=O)[C@H]1CCCN1C(=O)COC1CC(C)CCC1C(C)C. The first kappa shape index (κ1) is 18.2. The molecule has 1 saturated heterocycles. The second-order valence-electron chi connectivity index (χ2n) is 7.44. The fraction of sp³-hybridized carbons (Fsp3) is 0.889. The number of ether oxygens (including phenoxy) is 2. The van der Waals surface area contributed by atoms with Gasteiger partial charge in [-0.15, -0.1) is 0 Å². The van der Waals surface area contributed by atoms with Crippen LogP contribution in [0.1, 0.15) is 52.9 Å². The van der Waals surface area contributed by atoms with Gasteiger partial charge in [0.15, 0.2) is 0 Å². The summed E-state index contributed by atoms with van der Waals surface area (Å²) in [6.07, 6.45) is 5.13. The van der Waals surface area contributed by atoms with E-state index in [1.54, 1.807) is 4.90 Å². The number of carbonyl (C=O) groups is 2. The molecule has 132 valence electrons. The fourth-order valence-electron chi connectivity index (χ4n) is 4.01. The zero-order valence-corrected chi connectivity index (χ0v) is 14.9. The molecule has 0 aromatic carbocycles. The Kier molecular flexibility index (Phi) is 6.45. The molecule has 1 aliphatic carbocycles. The predicted octanol–water partition coefficient (Wildman–Crippen LogP) is 2.63. The van der Waals surface area contributed by atoms with E-state index in [0.717, 1.165) is 12.8 Å². The summed E-state index contributed by atoms with van der Waals surface area (Å²) in [6.45, 7) is 7.41. The van der Waals surface area contributed by atoms with Gasteiger partial charge < -0.3 is 14.4 Å². The zero-order chi connectivity index (χ0) is 17.0. The van der Waals surface area contributed by atoms with Gasteiger partial charge in [0.25, 0.3) is 0 Å². The van der Waals surface area contributed by atoms with Crippen molar-refractivity contribution in [3.05, 3.63) is 0 Å². The minimum Gasteiger partial charge on any atom is -0.467 e. The maximum atomic E-state index is 12.5. The van der Waals surface area contributed by atoms with Crippen LogP contribution in [0.15, 0.2) is 0 Å². The van der Waals surface area contributed by atoms with E-state index in [9.17, 15) is 9.59 Å². The van der Waals surface area contributed by atoms with Gasteiger partial charge in [-0.25, -0.2) is 4.79 Å². The first-order valence-corrected chi connectivity index (χ1v) is 8.93. The molecule has 1 heterocycles. The van der Waals surface area contributed by atoms with Crippen molar-refractivity contribution in [2.45, 2.75) is 65.0 Å². The van der Waals surface area contributed by atoms with Crippen molar-refractivity contribution in [2.24, 2.45) is 17.8 Å². The molecule has 23 heavy (non-hydrogen) atoms. The molecule has 5 nitrogen and oxygen atoms in total. The monoisotopic (exact) mass is 325 g/mol. The molecule has 5 heteroatoms. The molecule has 2 aliphatic rings. The fourth-order valence-corrected chi connectivity index (χ4v) is 4.01. The van der Waals surface area contributed by atoms with Crippen LogP contribution in [0.4, 0.5) is 0 Å². The van der Waals surface area contributed by atoms with E-state index in [-0.39, 0.29) is 24.6 Å². The van der Waals surface area contributed by atoms with Crippen LogP contribution in [0, 0.1) is 17.8 Å². The third-order valence-corrected chi connectivity index (χ3v) is 5.43. The van der Waals surface area contributed by atoms with Gasteiger partial charge in [0.1, 0.15) is 12.6 Å². The lowest BCUT2D eigenvalue weighted by molar-refractivity contribution is -0.154. The Morgan fingerprint density at radius 2 is 1.96 bits per heavy atom. The summed E-state index contributed by atoms with van der Waals surface area (Å²) in [5.41, 5.74) is 0. The van der Waals surface area contributed by atoms with Crippen molar-refractivity contribution in [3.8, 4) is 0 Å².